The average Bonchev–Trinajstić information content (AvgIpc) is 3.27. The normalized spacial score (nSPS) is 20.3. The molecule has 1 saturated heterocycles. The van der Waals surface area contributed by atoms with Gasteiger partial charge < -0.3 is 14.2 Å². The van der Waals surface area contributed by atoms with Crippen LogP contribution in [0.15, 0.2) is 91.0 Å². The molecule has 0 bridgehead atoms. The minimum absolute atomic E-state index is 0.254. The van der Waals surface area contributed by atoms with Crippen LogP contribution in [0.3, 0.4) is 0 Å². The van der Waals surface area contributed by atoms with E-state index in [4.69, 9.17) is 14.2 Å². The van der Waals surface area contributed by atoms with E-state index in [9.17, 15) is 4.57 Å². The van der Waals surface area contributed by atoms with Crippen molar-refractivity contribution in [1.82, 2.24) is 4.67 Å². The van der Waals surface area contributed by atoms with E-state index in [-0.39, 0.29) is 8.61 Å². The van der Waals surface area contributed by atoms with Gasteiger partial charge in [-0.25, -0.2) is 0 Å². The number of benzene rings is 3. The summed E-state index contributed by atoms with van der Waals surface area (Å²) in [6.07, 6.45) is -0.663. The summed E-state index contributed by atoms with van der Waals surface area (Å²) in [6.45, 7) is 0. The Balaban J connectivity index is 1.64. The summed E-state index contributed by atoms with van der Waals surface area (Å²) in [5.41, 5.74) is 0. The summed E-state index contributed by atoms with van der Waals surface area (Å²) < 4.78 is 31.3. The predicted octanol–water partition coefficient (Wildman–Crippen LogP) is 4.73. The zero-order valence-corrected chi connectivity index (χ0v) is 14.7. The van der Waals surface area contributed by atoms with Crippen LogP contribution in [0.1, 0.15) is 0 Å². The second-order valence-electron chi connectivity index (χ2n) is 5.67. The highest BCUT2D eigenvalue weighted by Crippen LogP contribution is 2.49. The molecule has 0 spiro atoms. The first-order valence-electron chi connectivity index (χ1n) is 8.14. The van der Waals surface area contributed by atoms with Crippen LogP contribution in [0.5, 0.6) is 17.2 Å². The van der Waals surface area contributed by atoms with Gasteiger partial charge in [0.1, 0.15) is 17.2 Å². The lowest BCUT2D eigenvalue weighted by atomic mass is 10.3. The molecular weight excluding hydrogens is 349 g/mol. The van der Waals surface area contributed by atoms with Crippen molar-refractivity contribution in [3.63, 3.8) is 0 Å². The molecule has 3 aromatic carbocycles. The Morgan fingerprint density at radius 3 is 1.54 bits per heavy atom. The molecule has 1 heterocycles. The van der Waals surface area contributed by atoms with Gasteiger partial charge in [0.15, 0.2) is 0 Å². The van der Waals surface area contributed by atoms with Crippen LogP contribution in [0.4, 0.5) is 0 Å². The van der Waals surface area contributed by atoms with Gasteiger partial charge in [0.25, 0.3) is 14.8 Å². The molecule has 0 radical (unpaired) electrons. The first-order chi connectivity index (χ1) is 12.8. The maximum atomic E-state index is 11.7. The highest BCUT2D eigenvalue weighted by atomic mass is 31.1. The summed E-state index contributed by atoms with van der Waals surface area (Å²) >= 11 is 0. The van der Waals surface area contributed by atoms with Gasteiger partial charge in [0, 0.05) is 0 Å². The maximum absolute atomic E-state index is 11.7. The topological polar surface area (TPSA) is 47.8 Å². The SMILES string of the molecule is O=PN1C(Oc2ccccc2)C1(Oc1ccccc1)Oc1ccccc1. The Bertz CT molecular complexity index is 819. The largest absolute Gasteiger partial charge is 0.464 e. The Morgan fingerprint density at radius 2 is 1.12 bits per heavy atom. The van der Waals surface area contributed by atoms with Gasteiger partial charge in [-0.1, -0.05) is 59.3 Å². The molecule has 2 atom stereocenters. The molecule has 130 valence electrons. The second kappa shape index (κ2) is 7.16. The first kappa shape index (κ1) is 16.6. The second-order valence-corrected chi connectivity index (χ2v) is 6.26. The molecule has 0 saturated carbocycles. The molecule has 0 N–H and O–H groups in total. The average molecular weight is 365 g/mol. The summed E-state index contributed by atoms with van der Waals surface area (Å²) in [7, 11) is -0.254. The van der Waals surface area contributed by atoms with E-state index < -0.39 is 12.1 Å². The number of ether oxygens (including phenoxy) is 3. The zero-order valence-electron chi connectivity index (χ0n) is 13.8. The molecule has 0 amide bonds. The lowest BCUT2D eigenvalue weighted by molar-refractivity contribution is -0.0668. The van der Waals surface area contributed by atoms with Crippen LogP contribution in [0.2, 0.25) is 0 Å². The van der Waals surface area contributed by atoms with Crippen molar-refractivity contribution in [1.29, 1.82) is 0 Å². The van der Waals surface area contributed by atoms with Crippen LogP contribution >= 0.6 is 8.61 Å². The fraction of sp³-hybridized carbons (Fsp3) is 0.100. The Hall–Kier alpha value is -2.88. The molecule has 1 aliphatic heterocycles. The van der Waals surface area contributed by atoms with Gasteiger partial charge in [0.05, 0.1) is 0 Å². The predicted molar refractivity (Wildman–Crippen MR) is 97.2 cm³/mol. The van der Waals surface area contributed by atoms with Gasteiger partial charge in [-0.05, 0) is 36.4 Å². The van der Waals surface area contributed by atoms with Crippen molar-refractivity contribution in [3.05, 3.63) is 91.0 Å². The quantitative estimate of drug-likeness (QED) is 0.344. The van der Waals surface area contributed by atoms with Crippen molar-refractivity contribution in [2.24, 2.45) is 0 Å². The fourth-order valence-corrected chi connectivity index (χ4v) is 3.13. The van der Waals surface area contributed by atoms with Gasteiger partial charge in [0.2, 0.25) is 0 Å². The minimum Gasteiger partial charge on any atom is -0.464 e. The molecule has 2 unspecified atom stereocenters. The van der Waals surface area contributed by atoms with Crippen LogP contribution in [0, 0.1) is 0 Å². The highest BCUT2D eigenvalue weighted by Gasteiger charge is 2.74. The van der Waals surface area contributed by atoms with Crippen LogP contribution in [-0.2, 0) is 4.57 Å². The third-order valence-electron chi connectivity index (χ3n) is 3.88. The van der Waals surface area contributed by atoms with Gasteiger partial charge >= 0.3 is 5.91 Å². The van der Waals surface area contributed by atoms with Crippen molar-refractivity contribution in [2.45, 2.75) is 12.1 Å². The number of para-hydroxylation sites is 3. The minimum atomic E-state index is -1.32. The smallest absolute Gasteiger partial charge is 0.383 e. The lowest BCUT2D eigenvalue weighted by Gasteiger charge is -2.19. The molecule has 5 nitrogen and oxygen atoms in total. The molecule has 1 aliphatic rings. The van der Waals surface area contributed by atoms with Gasteiger partial charge in [-0.3, -0.25) is 4.57 Å². The van der Waals surface area contributed by atoms with E-state index >= 15 is 0 Å². The van der Waals surface area contributed by atoms with E-state index in [1.54, 1.807) is 0 Å². The standard InChI is InChI=1S/C20H16NO4P/c22-26-21-19(23-16-10-4-1-5-11-16)20(21,24-17-12-6-2-7-13-17)25-18-14-8-3-9-15-18/h1-15,19H. The van der Waals surface area contributed by atoms with E-state index in [0.717, 1.165) is 0 Å². The number of hydrogen-bond acceptors (Lipinski definition) is 4. The molecule has 3 aromatic rings. The Labute approximate surface area is 153 Å². The zero-order chi connectivity index (χ0) is 17.8. The number of hydrogen-bond donors (Lipinski definition) is 0. The van der Waals surface area contributed by atoms with E-state index in [2.05, 4.69) is 0 Å². The van der Waals surface area contributed by atoms with Gasteiger partial charge in [-0.15, -0.1) is 0 Å². The molecule has 26 heavy (non-hydrogen) atoms. The molecule has 1 fully saturated rings. The van der Waals surface area contributed by atoms with Crippen molar-refractivity contribution >= 4 is 8.61 Å². The van der Waals surface area contributed by atoms with Crippen LogP contribution in [-0.4, -0.2) is 16.8 Å². The van der Waals surface area contributed by atoms with E-state index in [1.165, 1.54) is 4.67 Å². The van der Waals surface area contributed by atoms with Crippen molar-refractivity contribution < 1.29 is 18.8 Å². The van der Waals surface area contributed by atoms with Crippen molar-refractivity contribution in [3.8, 4) is 17.2 Å². The van der Waals surface area contributed by atoms with Gasteiger partial charge in [-0.2, -0.15) is 0 Å². The van der Waals surface area contributed by atoms with Crippen molar-refractivity contribution in [2.75, 3.05) is 0 Å². The first-order valence-corrected chi connectivity index (χ1v) is 8.91. The molecule has 0 aromatic heterocycles. The molecule has 6 heteroatoms. The van der Waals surface area contributed by atoms with Crippen LogP contribution < -0.4 is 14.2 Å². The van der Waals surface area contributed by atoms with E-state index in [1.807, 2.05) is 91.0 Å². The summed E-state index contributed by atoms with van der Waals surface area (Å²) in [5.74, 6) is 0.510. The van der Waals surface area contributed by atoms with E-state index in [0.29, 0.717) is 17.2 Å². The monoisotopic (exact) mass is 365 g/mol. The Kier molecular flexibility index (Phi) is 4.57. The lowest BCUT2D eigenvalue weighted by Crippen LogP contribution is -2.34. The third-order valence-corrected chi connectivity index (χ3v) is 4.54. The number of nitrogens with zero attached hydrogens (tertiary/aromatic N) is 1. The maximum Gasteiger partial charge on any atom is 0.383 e. The number of rotatable bonds is 7. The summed E-state index contributed by atoms with van der Waals surface area (Å²) in [5, 5.41) is 0. The third kappa shape index (κ3) is 3.27. The highest BCUT2D eigenvalue weighted by molar-refractivity contribution is 7.21. The molecular formula is C20H16NO4P. The summed E-state index contributed by atoms with van der Waals surface area (Å²) in [4.78, 5) is 0. The van der Waals surface area contributed by atoms with Crippen LogP contribution in [0.25, 0.3) is 0 Å². The Morgan fingerprint density at radius 1 is 0.692 bits per heavy atom. The molecule has 4 rings (SSSR count). The fourth-order valence-electron chi connectivity index (χ4n) is 2.60. The molecule has 0 aliphatic carbocycles. The summed E-state index contributed by atoms with van der Waals surface area (Å²) in [6, 6.07) is 27.8.